The van der Waals surface area contributed by atoms with Crippen molar-refractivity contribution >= 4 is 5.57 Å². The summed E-state index contributed by atoms with van der Waals surface area (Å²) in [5.74, 6) is 1.75. The van der Waals surface area contributed by atoms with Gasteiger partial charge in [0.15, 0.2) is 0 Å². The standard InChI is InChI=1S/C18H21NO2/c1-19(2)10-9-15-6-5-14-7-8-16(12-18(14)15)21-13-17-4-3-11-20-17/h3-4,7-9,11-12H,5-6,10,13H2,1-2H3/b15-9+. The Kier molecular flexibility index (Phi) is 4.11. The summed E-state index contributed by atoms with van der Waals surface area (Å²) in [5, 5.41) is 0. The first-order valence-corrected chi connectivity index (χ1v) is 7.34. The van der Waals surface area contributed by atoms with Crippen molar-refractivity contribution in [3.8, 4) is 5.75 Å². The maximum absolute atomic E-state index is 5.82. The zero-order chi connectivity index (χ0) is 14.7. The molecule has 1 aliphatic carbocycles. The maximum Gasteiger partial charge on any atom is 0.146 e. The summed E-state index contributed by atoms with van der Waals surface area (Å²) in [7, 11) is 4.19. The molecule has 1 aromatic carbocycles. The van der Waals surface area contributed by atoms with Crippen molar-refractivity contribution in [1.29, 1.82) is 0 Å². The Balaban J connectivity index is 1.74. The van der Waals surface area contributed by atoms with E-state index in [0.29, 0.717) is 6.61 Å². The molecule has 0 aliphatic heterocycles. The quantitative estimate of drug-likeness (QED) is 0.835. The first-order valence-electron chi connectivity index (χ1n) is 7.34. The number of ether oxygens (including phenoxy) is 1. The van der Waals surface area contributed by atoms with E-state index < -0.39 is 0 Å². The predicted octanol–water partition coefficient (Wildman–Crippen LogP) is 3.75. The highest BCUT2D eigenvalue weighted by atomic mass is 16.5. The summed E-state index contributed by atoms with van der Waals surface area (Å²) < 4.78 is 11.1. The Hall–Kier alpha value is -2.00. The number of rotatable bonds is 5. The third kappa shape index (κ3) is 3.37. The third-order valence-corrected chi connectivity index (χ3v) is 3.75. The van der Waals surface area contributed by atoms with Crippen molar-refractivity contribution in [1.82, 2.24) is 4.90 Å². The molecule has 0 radical (unpaired) electrons. The molecule has 0 bridgehead atoms. The van der Waals surface area contributed by atoms with Crippen LogP contribution in [0, 0.1) is 0 Å². The molecule has 1 aliphatic rings. The Morgan fingerprint density at radius 2 is 2.14 bits per heavy atom. The number of likely N-dealkylation sites (N-methyl/N-ethyl adjacent to an activating group) is 1. The van der Waals surface area contributed by atoms with E-state index in [1.54, 1.807) is 6.26 Å². The molecule has 0 saturated heterocycles. The Morgan fingerprint density at radius 1 is 1.24 bits per heavy atom. The van der Waals surface area contributed by atoms with E-state index in [-0.39, 0.29) is 0 Å². The van der Waals surface area contributed by atoms with Crippen LogP contribution in [-0.2, 0) is 13.0 Å². The fraction of sp³-hybridized carbons (Fsp3) is 0.333. The SMILES string of the molecule is CN(C)C/C=C1\CCc2ccc(OCc3ccco3)cc21. The van der Waals surface area contributed by atoms with Gasteiger partial charge in [-0.3, -0.25) is 0 Å². The van der Waals surface area contributed by atoms with Crippen molar-refractivity contribution in [2.24, 2.45) is 0 Å². The number of hydrogen-bond donors (Lipinski definition) is 0. The van der Waals surface area contributed by atoms with Gasteiger partial charge in [0.25, 0.3) is 0 Å². The second-order valence-electron chi connectivity index (χ2n) is 5.68. The molecular weight excluding hydrogens is 262 g/mol. The second kappa shape index (κ2) is 6.19. The molecule has 0 amide bonds. The highest BCUT2D eigenvalue weighted by Gasteiger charge is 2.16. The highest BCUT2D eigenvalue weighted by molar-refractivity contribution is 5.73. The summed E-state index contributed by atoms with van der Waals surface area (Å²) in [4.78, 5) is 2.18. The van der Waals surface area contributed by atoms with Gasteiger partial charge in [0, 0.05) is 6.54 Å². The molecular formula is C18H21NO2. The Bertz CT molecular complexity index is 627. The molecule has 1 aromatic heterocycles. The number of nitrogens with zero attached hydrogens (tertiary/aromatic N) is 1. The van der Waals surface area contributed by atoms with Gasteiger partial charge in [0.05, 0.1) is 6.26 Å². The molecule has 1 heterocycles. The first-order chi connectivity index (χ1) is 10.2. The number of fused-ring (bicyclic) bond motifs is 1. The van der Waals surface area contributed by atoms with Gasteiger partial charge >= 0.3 is 0 Å². The topological polar surface area (TPSA) is 25.6 Å². The van der Waals surface area contributed by atoms with Crippen LogP contribution in [0.15, 0.2) is 47.1 Å². The number of furan rings is 1. The van der Waals surface area contributed by atoms with E-state index in [1.165, 1.54) is 16.7 Å². The minimum absolute atomic E-state index is 0.475. The van der Waals surface area contributed by atoms with Crippen LogP contribution in [0.25, 0.3) is 5.57 Å². The largest absolute Gasteiger partial charge is 0.486 e. The summed E-state index contributed by atoms with van der Waals surface area (Å²) in [5.41, 5.74) is 4.20. The van der Waals surface area contributed by atoms with Crippen molar-refractivity contribution in [3.63, 3.8) is 0 Å². The molecule has 0 unspecified atom stereocenters. The molecule has 21 heavy (non-hydrogen) atoms. The Labute approximate surface area is 125 Å². The number of allylic oxidation sites excluding steroid dienone is 1. The first kappa shape index (κ1) is 14.0. The molecule has 0 N–H and O–H groups in total. The predicted molar refractivity (Wildman–Crippen MR) is 84.3 cm³/mol. The molecule has 3 nitrogen and oxygen atoms in total. The van der Waals surface area contributed by atoms with E-state index in [4.69, 9.17) is 9.15 Å². The van der Waals surface area contributed by atoms with Gasteiger partial charge in [0.2, 0.25) is 0 Å². The van der Waals surface area contributed by atoms with E-state index in [9.17, 15) is 0 Å². The normalized spacial score (nSPS) is 15.7. The van der Waals surface area contributed by atoms with Gasteiger partial charge in [-0.1, -0.05) is 12.1 Å². The van der Waals surface area contributed by atoms with Gasteiger partial charge in [-0.15, -0.1) is 0 Å². The van der Waals surface area contributed by atoms with Gasteiger partial charge in [0.1, 0.15) is 18.1 Å². The number of benzene rings is 1. The number of hydrogen-bond acceptors (Lipinski definition) is 3. The van der Waals surface area contributed by atoms with Crippen molar-refractivity contribution < 1.29 is 9.15 Å². The lowest BCUT2D eigenvalue weighted by molar-refractivity contribution is 0.270. The second-order valence-corrected chi connectivity index (χ2v) is 5.68. The molecule has 110 valence electrons. The van der Waals surface area contributed by atoms with Crippen molar-refractivity contribution in [2.75, 3.05) is 20.6 Å². The van der Waals surface area contributed by atoms with Crippen LogP contribution >= 0.6 is 0 Å². The zero-order valence-corrected chi connectivity index (χ0v) is 12.6. The lowest BCUT2D eigenvalue weighted by Crippen LogP contribution is -2.10. The van der Waals surface area contributed by atoms with E-state index >= 15 is 0 Å². The average molecular weight is 283 g/mol. The van der Waals surface area contributed by atoms with Crippen LogP contribution in [0.4, 0.5) is 0 Å². The summed E-state index contributed by atoms with van der Waals surface area (Å²) in [6.07, 6.45) is 6.25. The van der Waals surface area contributed by atoms with Crippen LogP contribution < -0.4 is 4.74 Å². The maximum atomic E-state index is 5.82. The molecule has 0 saturated carbocycles. The molecule has 0 spiro atoms. The monoisotopic (exact) mass is 283 g/mol. The lowest BCUT2D eigenvalue weighted by Gasteiger charge is -2.09. The van der Waals surface area contributed by atoms with Crippen LogP contribution in [0.2, 0.25) is 0 Å². The average Bonchev–Trinajstić information content (AvgIpc) is 3.12. The molecule has 3 heteroatoms. The van der Waals surface area contributed by atoms with Gasteiger partial charge < -0.3 is 14.1 Å². The van der Waals surface area contributed by atoms with E-state index in [1.807, 2.05) is 12.1 Å². The molecule has 0 fully saturated rings. The fourth-order valence-corrected chi connectivity index (χ4v) is 2.62. The van der Waals surface area contributed by atoms with Gasteiger partial charge in [-0.05, 0) is 67.9 Å². The molecule has 0 atom stereocenters. The van der Waals surface area contributed by atoms with E-state index in [0.717, 1.165) is 30.9 Å². The van der Waals surface area contributed by atoms with E-state index in [2.05, 4.69) is 43.3 Å². The summed E-state index contributed by atoms with van der Waals surface area (Å²) in [6.45, 7) is 1.45. The molecule has 3 rings (SSSR count). The van der Waals surface area contributed by atoms with Crippen LogP contribution in [-0.4, -0.2) is 25.5 Å². The van der Waals surface area contributed by atoms with Crippen molar-refractivity contribution in [2.45, 2.75) is 19.4 Å². The molecule has 2 aromatic rings. The van der Waals surface area contributed by atoms with Crippen LogP contribution in [0.5, 0.6) is 5.75 Å². The third-order valence-electron chi connectivity index (χ3n) is 3.75. The fourth-order valence-electron chi connectivity index (χ4n) is 2.62. The number of aryl methyl sites for hydroxylation is 1. The minimum Gasteiger partial charge on any atom is -0.486 e. The van der Waals surface area contributed by atoms with Crippen molar-refractivity contribution in [3.05, 3.63) is 59.6 Å². The zero-order valence-electron chi connectivity index (χ0n) is 12.6. The summed E-state index contributed by atoms with van der Waals surface area (Å²) >= 11 is 0. The smallest absolute Gasteiger partial charge is 0.146 e. The Morgan fingerprint density at radius 3 is 2.90 bits per heavy atom. The van der Waals surface area contributed by atoms with Gasteiger partial charge in [-0.2, -0.15) is 0 Å². The minimum atomic E-state index is 0.475. The van der Waals surface area contributed by atoms with Crippen LogP contribution in [0.1, 0.15) is 23.3 Å². The van der Waals surface area contributed by atoms with Crippen LogP contribution in [0.3, 0.4) is 0 Å². The summed E-state index contributed by atoms with van der Waals surface area (Å²) in [6, 6.07) is 10.2. The highest BCUT2D eigenvalue weighted by Crippen LogP contribution is 2.34. The lowest BCUT2D eigenvalue weighted by atomic mass is 10.1. The van der Waals surface area contributed by atoms with Gasteiger partial charge in [-0.25, -0.2) is 0 Å².